The van der Waals surface area contributed by atoms with Crippen LogP contribution in [0.1, 0.15) is 119 Å². The van der Waals surface area contributed by atoms with Crippen molar-refractivity contribution in [1.29, 1.82) is 0 Å². The summed E-state index contributed by atoms with van der Waals surface area (Å²) in [6.07, 6.45) is 14.9. The van der Waals surface area contributed by atoms with Crippen LogP contribution >= 0.6 is 0 Å². The van der Waals surface area contributed by atoms with Crippen LogP contribution in [0.4, 0.5) is 0 Å². The second kappa shape index (κ2) is 9.76. The molecule has 6 fully saturated rings. The second-order valence-corrected chi connectivity index (χ2v) is 16.7. The van der Waals surface area contributed by atoms with Gasteiger partial charge in [-0.25, -0.2) is 0 Å². The molecule has 0 bridgehead atoms. The number of carbonyl (C=O) groups is 2. The van der Waals surface area contributed by atoms with Gasteiger partial charge in [-0.15, -0.1) is 0 Å². The third-order valence-electron chi connectivity index (χ3n) is 14.9. The Balaban J connectivity index is 1.34. The van der Waals surface area contributed by atoms with Gasteiger partial charge in [0.25, 0.3) is 0 Å². The summed E-state index contributed by atoms with van der Waals surface area (Å²) < 4.78 is 12.6. The lowest BCUT2D eigenvalue weighted by molar-refractivity contribution is -0.247. The number of aldehydes is 1. The molecule has 5 aliphatic carbocycles. The molecule has 2 unspecified atom stereocenters. The molecule has 1 saturated heterocycles. The van der Waals surface area contributed by atoms with Crippen molar-refractivity contribution in [2.24, 2.45) is 62.6 Å². The van der Waals surface area contributed by atoms with Gasteiger partial charge in [-0.2, -0.15) is 0 Å². The summed E-state index contributed by atoms with van der Waals surface area (Å²) in [6.45, 7) is 20.6. The summed E-state index contributed by atoms with van der Waals surface area (Å²) in [6, 6.07) is 0. The third kappa shape index (κ3) is 3.89. The molecular weight excluding hydrogens is 496 g/mol. The van der Waals surface area contributed by atoms with E-state index in [-0.39, 0.29) is 33.7 Å². The Labute approximate surface area is 243 Å². The van der Waals surface area contributed by atoms with Crippen molar-refractivity contribution in [1.82, 2.24) is 0 Å². The second-order valence-electron chi connectivity index (χ2n) is 16.7. The molecule has 6 rings (SSSR count). The van der Waals surface area contributed by atoms with Gasteiger partial charge in [0.1, 0.15) is 12.1 Å². The Morgan fingerprint density at radius 2 is 1.73 bits per heavy atom. The van der Waals surface area contributed by atoms with Crippen LogP contribution in [0.5, 0.6) is 0 Å². The van der Waals surface area contributed by atoms with Gasteiger partial charge in [-0.05, 0) is 135 Å². The van der Waals surface area contributed by atoms with Crippen LogP contribution in [-0.2, 0) is 19.1 Å². The molecule has 11 atom stereocenters. The molecule has 0 spiro atoms. The Morgan fingerprint density at radius 1 is 0.950 bits per heavy atom. The zero-order valence-corrected chi connectivity index (χ0v) is 26.4. The summed E-state index contributed by atoms with van der Waals surface area (Å²) in [4.78, 5) is 25.6. The maximum Gasteiger partial charge on any atom is 0.157 e. The number of ether oxygens (including phenoxy) is 2. The van der Waals surface area contributed by atoms with Crippen molar-refractivity contribution < 1.29 is 19.1 Å². The fourth-order valence-corrected chi connectivity index (χ4v) is 12.8. The van der Waals surface area contributed by atoms with Gasteiger partial charge in [0, 0.05) is 12.0 Å². The first-order chi connectivity index (χ1) is 18.8. The normalized spacial score (nSPS) is 51.6. The Hall–Kier alpha value is -1.00. The minimum Gasteiger partial charge on any atom is -0.353 e. The molecule has 4 nitrogen and oxygen atoms in total. The predicted molar refractivity (Wildman–Crippen MR) is 158 cm³/mol. The van der Waals surface area contributed by atoms with Gasteiger partial charge in [0.05, 0.1) is 12.5 Å². The van der Waals surface area contributed by atoms with Crippen molar-refractivity contribution in [3.05, 3.63) is 12.2 Å². The van der Waals surface area contributed by atoms with Crippen molar-refractivity contribution in [2.45, 2.75) is 125 Å². The fourth-order valence-electron chi connectivity index (χ4n) is 12.8. The monoisotopic (exact) mass is 552 g/mol. The van der Waals surface area contributed by atoms with E-state index in [9.17, 15) is 9.59 Å². The average molecular weight is 553 g/mol. The molecule has 0 radical (unpaired) electrons. The molecule has 0 aromatic carbocycles. The summed E-state index contributed by atoms with van der Waals surface area (Å²) in [5.41, 5.74) is 1.68. The molecule has 0 aromatic rings. The smallest absolute Gasteiger partial charge is 0.157 e. The quantitative estimate of drug-likeness (QED) is 0.196. The van der Waals surface area contributed by atoms with Gasteiger partial charge < -0.3 is 14.3 Å². The number of hydrogen-bond donors (Lipinski definition) is 0. The molecule has 1 aliphatic heterocycles. The fraction of sp³-hybridized carbons (Fsp3) is 0.889. The van der Waals surface area contributed by atoms with E-state index in [0.29, 0.717) is 29.6 Å². The van der Waals surface area contributed by atoms with Crippen molar-refractivity contribution in [3.63, 3.8) is 0 Å². The van der Waals surface area contributed by atoms with Crippen molar-refractivity contribution >= 4 is 12.1 Å². The van der Waals surface area contributed by atoms with E-state index in [1.165, 1.54) is 56.9 Å². The molecule has 224 valence electrons. The zero-order valence-electron chi connectivity index (χ0n) is 26.4. The largest absolute Gasteiger partial charge is 0.353 e. The molecule has 0 N–H and O–H groups in total. The maximum absolute atomic E-state index is 13.4. The van der Waals surface area contributed by atoms with Crippen LogP contribution in [0.15, 0.2) is 12.2 Å². The molecule has 0 aromatic heterocycles. The summed E-state index contributed by atoms with van der Waals surface area (Å²) in [5, 5.41) is 0. The number of Topliss-reactive ketones (excluding diaryl/α,β-unsaturated/α-hetero) is 1. The van der Waals surface area contributed by atoms with Crippen LogP contribution in [0.2, 0.25) is 0 Å². The van der Waals surface area contributed by atoms with E-state index in [1.807, 2.05) is 0 Å². The lowest BCUT2D eigenvalue weighted by atomic mass is 9.32. The van der Waals surface area contributed by atoms with Gasteiger partial charge >= 0.3 is 0 Å². The predicted octanol–water partition coefficient (Wildman–Crippen LogP) is 8.18. The molecule has 6 aliphatic rings. The summed E-state index contributed by atoms with van der Waals surface area (Å²) in [5.74, 6) is 2.55. The van der Waals surface area contributed by atoms with Gasteiger partial charge in [0.2, 0.25) is 0 Å². The number of carbonyl (C=O) groups excluding carboxylic acids is 2. The number of rotatable bonds is 5. The molecule has 40 heavy (non-hydrogen) atoms. The minimum absolute atomic E-state index is 0.0208. The van der Waals surface area contributed by atoms with E-state index in [2.05, 4.69) is 48.1 Å². The number of ketones is 1. The Bertz CT molecular complexity index is 1040. The maximum atomic E-state index is 13.4. The third-order valence-corrected chi connectivity index (χ3v) is 14.9. The van der Waals surface area contributed by atoms with E-state index in [4.69, 9.17) is 9.47 Å². The van der Waals surface area contributed by atoms with Crippen molar-refractivity contribution in [3.8, 4) is 0 Å². The minimum atomic E-state index is -0.440. The van der Waals surface area contributed by atoms with E-state index >= 15 is 0 Å². The van der Waals surface area contributed by atoms with E-state index in [0.717, 1.165) is 45.2 Å². The lowest BCUT2D eigenvalue weighted by Crippen LogP contribution is -2.67. The summed E-state index contributed by atoms with van der Waals surface area (Å²) >= 11 is 0. The first-order valence-corrected chi connectivity index (χ1v) is 16.7. The number of hydrogen-bond acceptors (Lipinski definition) is 4. The standard InChI is InChI=1S/C36H56O4/c1-23(2)25-13-16-36(22-40-29-10-8-9-19-39-29)18-17-34(6)26(30(25)36)11-12-28-33(5)20-24(21-37)31(38)32(3,4)27(33)14-15-35(28,34)7/h21,24-30H,1,8-20,22H2,2-7H3/t24?,25-,26+,27-,28+,29?,30+,33-,34+,35+,36+/m0/s1. The van der Waals surface area contributed by atoms with Crippen LogP contribution in [0.25, 0.3) is 0 Å². The molecule has 1 heterocycles. The highest BCUT2D eigenvalue weighted by Gasteiger charge is 2.71. The first kappa shape index (κ1) is 29.1. The molecular formula is C36H56O4. The number of allylic oxidation sites excluding steroid dienone is 1. The lowest BCUT2D eigenvalue weighted by Gasteiger charge is -2.72. The highest BCUT2D eigenvalue weighted by Crippen LogP contribution is 2.77. The van der Waals surface area contributed by atoms with E-state index in [1.54, 1.807) is 0 Å². The highest BCUT2D eigenvalue weighted by atomic mass is 16.7. The first-order valence-electron chi connectivity index (χ1n) is 16.7. The van der Waals surface area contributed by atoms with Crippen LogP contribution in [0.3, 0.4) is 0 Å². The average Bonchev–Trinajstić information content (AvgIpc) is 3.31. The van der Waals surface area contributed by atoms with Crippen LogP contribution in [0, 0.1) is 62.6 Å². The van der Waals surface area contributed by atoms with Gasteiger partial charge in [0.15, 0.2) is 6.29 Å². The highest BCUT2D eigenvalue weighted by molar-refractivity contribution is 5.98. The van der Waals surface area contributed by atoms with Crippen LogP contribution in [-0.4, -0.2) is 31.6 Å². The molecule has 5 saturated carbocycles. The topological polar surface area (TPSA) is 52.6 Å². The molecule has 4 heteroatoms. The molecule has 0 amide bonds. The Kier molecular flexibility index (Phi) is 7.10. The number of fused-ring (bicyclic) bond motifs is 7. The van der Waals surface area contributed by atoms with Gasteiger partial charge in [-0.3, -0.25) is 4.79 Å². The van der Waals surface area contributed by atoms with Crippen molar-refractivity contribution in [2.75, 3.05) is 13.2 Å². The Morgan fingerprint density at radius 3 is 2.40 bits per heavy atom. The van der Waals surface area contributed by atoms with Crippen LogP contribution < -0.4 is 0 Å². The SMILES string of the molecule is C=C(C)[C@@H]1CC[C@]2(COC3CCCCO3)CC[C@]3(C)[C@H](CC[C@@H]4[C@@]5(C)CC(C=O)C(=O)C(C)(C)[C@@H]5CC[C@]43C)[C@@H]12. The van der Waals surface area contributed by atoms with E-state index < -0.39 is 11.3 Å². The summed E-state index contributed by atoms with van der Waals surface area (Å²) in [7, 11) is 0. The van der Waals surface area contributed by atoms with Gasteiger partial charge in [-0.1, -0.05) is 46.8 Å². The zero-order chi connectivity index (χ0) is 28.7.